The molecular formula is C18H16O7. The molecule has 0 saturated heterocycles. The lowest BCUT2D eigenvalue weighted by atomic mass is 10.1. The van der Waals surface area contributed by atoms with Crippen LogP contribution in [0.15, 0.2) is 39.2 Å². The lowest BCUT2D eigenvalue weighted by Crippen LogP contribution is -2.05. The average molecular weight is 344 g/mol. The molecule has 0 aliphatic heterocycles. The van der Waals surface area contributed by atoms with Crippen molar-refractivity contribution >= 4 is 22.9 Å². The molecule has 7 heteroatoms. The third kappa shape index (κ3) is 3.21. The monoisotopic (exact) mass is 344 g/mol. The van der Waals surface area contributed by atoms with Gasteiger partial charge in [-0.25, -0.2) is 9.59 Å². The Bertz CT molecular complexity index is 932. The number of hydrogen-bond donors (Lipinski definition) is 0. The second-order valence-electron chi connectivity index (χ2n) is 5.25. The van der Waals surface area contributed by atoms with Crippen LogP contribution in [0.2, 0.25) is 0 Å². The minimum absolute atomic E-state index is 0.0422. The number of carbonyl (C=O) groups is 2. The smallest absolute Gasteiger partial charge is 0.375 e. The van der Waals surface area contributed by atoms with Crippen LogP contribution in [-0.4, -0.2) is 26.2 Å². The van der Waals surface area contributed by atoms with Crippen LogP contribution in [0.1, 0.15) is 32.4 Å². The molecule has 3 rings (SSSR count). The summed E-state index contributed by atoms with van der Waals surface area (Å²) in [5.74, 6) is -0.0710. The lowest BCUT2D eigenvalue weighted by Gasteiger charge is -2.01. The van der Waals surface area contributed by atoms with Gasteiger partial charge >= 0.3 is 11.9 Å². The van der Waals surface area contributed by atoms with E-state index in [1.807, 2.05) is 0 Å². The Balaban J connectivity index is 1.75. The van der Waals surface area contributed by atoms with Gasteiger partial charge in [-0.05, 0) is 37.3 Å². The zero-order chi connectivity index (χ0) is 18.0. The molecule has 0 saturated carbocycles. The normalized spacial score (nSPS) is 10.7. The number of rotatable bonds is 5. The van der Waals surface area contributed by atoms with Gasteiger partial charge in [-0.15, -0.1) is 0 Å². The predicted molar refractivity (Wildman–Crippen MR) is 86.7 cm³/mol. The molecule has 0 atom stereocenters. The predicted octanol–water partition coefficient (Wildman–Crippen LogP) is 3.49. The maximum Gasteiger partial charge on any atom is 0.375 e. The fraction of sp³-hybridized carbons (Fsp3) is 0.222. The first-order chi connectivity index (χ1) is 12.0. The molecular weight excluding hydrogens is 328 g/mol. The van der Waals surface area contributed by atoms with Crippen molar-refractivity contribution in [3.8, 4) is 5.75 Å². The second-order valence-corrected chi connectivity index (χ2v) is 5.25. The van der Waals surface area contributed by atoms with Gasteiger partial charge in [0, 0.05) is 10.9 Å². The average Bonchev–Trinajstić information content (AvgIpc) is 3.24. The highest BCUT2D eigenvalue weighted by atomic mass is 16.6. The van der Waals surface area contributed by atoms with Crippen LogP contribution in [-0.2, 0) is 16.1 Å². The highest BCUT2D eigenvalue weighted by molar-refractivity contribution is 5.96. The third-order valence-corrected chi connectivity index (χ3v) is 3.72. The Kier molecular flexibility index (Phi) is 4.47. The van der Waals surface area contributed by atoms with Crippen molar-refractivity contribution in [3.05, 3.63) is 53.2 Å². The molecule has 130 valence electrons. The van der Waals surface area contributed by atoms with E-state index in [1.54, 1.807) is 32.2 Å². The molecule has 0 radical (unpaired) electrons. The van der Waals surface area contributed by atoms with Gasteiger partial charge in [0.05, 0.1) is 14.2 Å². The number of esters is 2. The van der Waals surface area contributed by atoms with E-state index < -0.39 is 11.9 Å². The molecule has 0 aliphatic carbocycles. The maximum absolute atomic E-state index is 12.3. The Labute approximate surface area is 143 Å². The maximum atomic E-state index is 12.3. The van der Waals surface area contributed by atoms with Crippen molar-refractivity contribution in [1.82, 2.24) is 0 Å². The Morgan fingerprint density at radius 1 is 1.04 bits per heavy atom. The number of furan rings is 2. The Morgan fingerprint density at radius 2 is 1.84 bits per heavy atom. The summed E-state index contributed by atoms with van der Waals surface area (Å²) in [6.07, 6.45) is 0. The summed E-state index contributed by atoms with van der Waals surface area (Å²) in [7, 11) is 2.82. The number of methoxy groups -OCH3 is 2. The van der Waals surface area contributed by atoms with E-state index in [2.05, 4.69) is 4.74 Å². The van der Waals surface area contributed by atoms with Gasteiger partial charge in [-0.1, -0.05) is 0 Å². The quantitative estimate of drug-likeness (QED) is 0.655. The number of ether oxygens (including phenoxy) is 3. The van der Waals surface area contributed by atoms with Crippen LogP contribution < -0.4 is 4.74 Å². The van der Waals surface area contributed by atoms with E-state index in [1.165, 1.54) is 19.2 Å². The van der Waals surface area contributed by atoms with Crippen molar-refractivity contribution in [3.63, 3.8) is 0 Å². The molecule has 25 heavy (non-hydrogen) atoms. The molecule has 0 fully saturated rings. The Morgan fingerprint density at radius 3 is 2.56 bits per heavy atom. The summed E-state index contributed by atoms with van der Waals surface area (Å²) in [6.45, 7) is 1.64. The first kappa shape index (κ1) is 16.6. The Hall–Kier alpha value is -3.22. The van der Waals surface area contributed by atoms with Gasteiger partial charge in [-0.2, -0.15) is 0 Å². The summed E-state index contributed by atoms with van der Waals surface area (Å²) in [5.41, 5.74) is 1.23. The van der Waals surface area contributed by atoms with Gasteiger partial charge in [0.2, 0.25) is 11.5 Å². The zero-order valence-electron chi connectivity index (χ0n) is 14.0. The number of hydrogen-bond acceptors (Lipinski definition) is 7. The first-order valence-corrected chi connectivity index (χ1v) is 7.44. The summed E-state index contributed by atoms with van der Waals surface area (Å²) in [6, 6.07) is 8.26. The van der Waals surface area contributed by atoms with E-state index in [-0.39, 0.29) is 18.1 Å². The summed E-state index contributed by atoms with van der Waals surface area (Å²) in [5, 5.41) is 0.775. The molecule has 0 N–H and O–H groups in total. The SMILES string of the molecule is COC(=O)c1ccc(COC(=O)c2oc3ccc(OC)cc3c2C)o1. The molecule has 1 aromatic carbocycles. The van der Waals surface area contributed by atoms with E-state index in [9.17, 15) is 9.59 Å². The molecule has 3 aromatic rings. The standard InChI is InChI=1S/C18H16O7/c1-10-13-8-11(21-2)4-6-14(13)25-16(10)18(20)23-9-12-5-7-15(24-12)17(19)22-3/h4-8H,9H2,1-3H3. The fourth-order valence-electron chi connectivity index (χ4n) is 2.39. The number of aryl methyl sites for hydroxylation is 1. The van der Waals surface area contributed by atoms with E-state index in [0.717, 1.165) is 5.39 Å². The highest BCUT2D eigenvalue weighted by Gasteiger charge is 2.20. The number of benzene rings is 1. The van der Waals surface area contributed by atoms with Gasteiger partial charge < -0.3 is 23.0 Å². The van der Waals surface area contributed by atoms with E-state index in [4.69, 9.17) is 18.3 Å². The summed E-state index contributed by atoms with van der Waals surface area (Å²) < 4.78 is 25.7. The minimum atomic E-state index is -0.622. The van der Waals surface area contributed by atoms with Crippen LogP contribution >= 0.6 is 0 Å². The largest absolute Gasteiger partial charge is 0.497 e. The molecule has 0 aliphatic rings. The molecule has 2 heterocycles. The number of carbonyl (C=O) groups excluding carboxylic acids is 2. The van der Waals surface area contributed by atoms with Crippen LogP contribution in [0, 0.1) is 6.92 Å². The van der Waals surface area contributed by atoms with Crippen LogP contribution in [0.25, 0.3) is 11.0 Å². The van der Waals surface area contributed by atoms with Crippen molar-refractivity contribution < 1.29 is 32.6 Å². The lowest BCUT2D eigenvalue weighted by molar-refractivity contribution is 0.0405. The van der Waals surface area contributed by atoms with Crippen LogP contribution in [0.3, 0.4) is 0 Å². The van der Waals surface area contributed by atoms with Gasteiger partial charge in [0.1, 0.15) is 23.7 Å². The van der Waals surface area contributed by atoms with Crippen molar-refractivity contribution in [1.29, 1.82) is 0 Å². The summed E-state index contributed by atoms with van der Waals surface area (Å²) >= 11 is 0. The minimum Gasteiger partial charge on any atom is -0.497 e. The number of fused-ring (bicyclic) bond motifs is 1. The highest BCUT2D eigenvalue weighted by Crippen LogP contribution is 2.29. The van der Waals surface area contributed by atoms with Gasteiger partial charge in [0.25, 0.3) is 0 Å². The van der Waals surface area contributed by atoms with Gasteiger partial charge in [0.15, 0.2) is 0 Å². The molecule has 0 amide bonds. The molecule has 0 bridgehead atoms. The van der Waals surface area contributed by atoms with Crippen LogP contribution in [0.4, 0.5) is 0 Å². The molecule has 0 unspecified atom stereocenters. The zero-order valence-corrected chi connectivity index (χ0v) is 14.0. The molecule has 7 nitrogen and oxygen atoms in total. The topological polar surface area (TPSA) is 88.1 Å². The third-order valence-electron chi connectivity index (χ3n) is 3.72. The van der Waals surface area contributed by atoms with Crippen molar-refractivity contribution in [2.45, 2.75) is 13.5 Å². The van der Waals surface area contributed by atoms with Crippen molar-refractivity contribution in [2.75, 3.05) is 14.2 Å². The fourth-order valence-corrected chi connectivity index (χ4v) is 2.39. The van der Waals surface area contributed by atoms with Crippen molar-refractivity contribution in [2.24, 2.45) is 0 Å². The molecule has 2 aromatic heterocycles. The van der Waals surface area contributed by atoms with E-state index in [0.29, 0.717) is 22.7 Å². The first-order valence-electron chi connectivity index (χ1n) is 7.44. The van der Waals surface area contributed by atoms with Gasteiger partial charge in [-0.3, -0.25) is 0 Å². The molecule has 0 spiro atoms. The van der Waals surface area contributed by atoms with E-state index >= 15 is 0 Å². The van der Waals surface area contributed by atoms with Crippen LogP contribution in [0.5, 0.6) is 5.75 Å². The summed E-state index contributed by atoms with van der Waals surface area (Å²) in [4.78, 5) is 23.6. The second kappa shape index (κ2) is 6.72.